The van der Waals surface area contributed by atoms with E-state index in [2.05, 4.69) is 26.0 Å². The molecule has 1 unspecified atom stereocenters. The number of carbonyl (C=O) groups is 2. The third-order valence-electron chi connectivity index (χ3n) is 7.02. The van der Waals surface area contributed by atoms with Crippen molar-refractivity contribution < 1.29 is 9.59 Å². The Labute approximate surface area is 126 Å². The molecule has 0 aromatic rings. The van der Waals surface area contributed by atoms with Crippen molar-refractivity contribution in [3.63, 3.8) is 0 Å². The summed E-state index contributed by atoms with van der Waals surface area (Å²) < 4.78 is 0. The maximum absolute atomic E-state index is 12.3. The Morgan fingerprint density at radius 1 is 1.14 bits per heavy atom. The maximum Gasteiger partial charge on any atom is 0.139 e. The van der Waals surface area contributed by atoms with E-state index in [4.69, 9.17) is 0 Å². The van der Waals surface area contributed by atoms with Gasteiger partial charge >= 0.3 is 0 Å². The molecule has 2 saturated carbocycles. The first kappa shape index (κ1) is 13.5. The topological polar surface area (TPSA) is 34.1 Å². The molecule has 2 fully saturated rings. The van der Waals surface area contributed by atoms with Gasteiger partial charge in [0.15, 0.2) is 0 Å². The average Bonchev–Trinajstić information content (AvgIpc) is 2.76. The first-order valence-corrected chi connectivity index (χ1v) is 8.40. The van der Waals surface area contributed by atoms with Gasteiger partial charge in [-0.1, -0.05) is 37.1 Å². The first-order valence-electron chi connectivity index (χ1n) is 8.40. The molecule has 0 aliphatic heterocycles. The molecular weight excluding hydrogens is 260 g/mol. The monoisotopic (exact) mass is 284 g/mol. The summed E-state index contributed by atoms with van der Waals surface area (Å²) in [6.07, 6.45) is 10.9. The van der Waals surface area contributed by atoms with Gasteiger partial charge < -0.3 is 0 Å². The Hall–Kier alpha value is -1.18. The lowest BCUT2D eigenvalue weighted by Crippen LogP contribution is -2.44. The lowest BCUT2D eigenvalue weighted by molar-refractivity contribution is -0.127. The van der Waals surface area contributed by atoms with Crippen LogP contribution >= 0.6 is 0 Å². The van der Waals surface area contributed by atoms with Crippen LogP contribution in [0.4, 0.5) is 0 Å². The number of rotatable bonds is 0. The number of allylic oxidation sites excluding steroid dienone is 4. The van der Waals surface area contributed by atoms with E-state index in [1.54, 1.807) is 5.57 Å². The zero-order valence-electron chi connectivity index (χ0n) is 13.1. The molecule has 0 heterocycles. The largest absolute Gasteiger partial charge is 0.299 e. The molecule has 2 nitrogen and oxygen atoms in total. The number of ketones is 2. The third kappa shape index (κ3) is 1.65. The van der Waals surface area contributed by atoms with Crippen molar-refractivity contribution in [1.82, 2.24) is 0 Å². The summed E-state index contributed by atoms with van der Waals surface area (Å²) in [6, 6.07) is 0. The van der Waals surface area contributed by atoms with Crippen molar-refractivity contribution >= 4 is 11.6 Å². The predicted octanol–water partition coefficient (Wildman–Crippen LogP) is 4.01. The second kappa shape index (κ2) is 4.18. The van der Waals surface area contributed by atoms with Crippen molar-refractivity contribution in [3.05, 3.63) is 23.3 Å². The van der Waals surface area contributed by atoms with E-state index in [-0.39, 0.29) is 10.8 Å². The normalized spacial score (nSPS) is 45.4. The molecule has 0 N–H and O–H groups in total. The number of fused-ring (bicyclic) bond motifs is 5. The van der Waals surface area contributed by atoms with Gasteiger partial charge in [0.1, 0.15) is 11.6 Å². The highest BCUT2D eigenvalue weighted by Crippen LogP contribution is 2.61. The minimum atomic E-state index is -0.111. The van der Waals surface area contributed by atoms with Gasteiger partial charge in [0.25, 0.3) is 0 Å². The third-order valence-corrected chi connectivity index (χ3v) is 7.02. The van der Waals surface area contributed by atoms with Crippen molar-refractivity contribution in [2.45, 2.75) is 58.8 Å². The highest BCUT2D eigenvalue weighted by atomic mass is 16.1. The Kier molecular flexibility index (Phi) is 2.68. The van der Waals surface area contributed by atoms with Crippen molar-refractivity contribution in [3.8, 4) is 0 Å². The zero-order valence-corrected chi connectivity index (χ0v) is 13.1. The van der Waals surface area contributed by atoms with E-state index < -0.39 is 0 Å². The van der Waals surface area contributed by atoms with E-state index in [0.29, 0.717) is 29.8 Å². The van der Waals surface area contributed by atoms with Gasteiger partial charge in [0.05, 0.1) is 0 Å². The fraction of sp³-hybridized carbons (Fsp3) is 0.684. The first-order chi connectivity index (χ1) is 9.95. The second-order valence-corrected chi connectivity index (χ2v) is 7.97. The molecule has 4 atom stereocenters. The Balaban J connectivity index is 1.77. The maximum atomic E-state index is 12.3. The number of carbonyl (C=O) groups excluding carboxylic acids is 2. The van der Waals surface area contributed by atoms with Gasteiger partial charge in [0.2, 0.25) is 0 Å². The zero-order chi connectivity index (χ0) is 14.8. The van der Waals surface area contributed by atoms with Crippen LogP contribution < -0.4 is 0 Å². The fourth-order valence-electron chi connectivity index (χ4n) is 5.57. The summed E-state index contributed by atoms with van der Waals surface area (Å²) in [7, 11) is 0. The van der Waals surface area contributed by atoms with Crippen molar-refractivity contribution in [2.24, 2.45) is 22.7 Å². The van der Waals surface area contributed by atoms with Crippen LogP contribution in [0.2, 0.25) is 0 Å². The average molecular weight is 284 g/mol. The van der Waals surface area contributed by atoms with E-state index in [1.807, 2.05) is 0 Å². The summed E-state index contributed by atoms with van der Waals surface area (Å²) in [5, 5.41) is 0. The van der Waals surface area contributed by atoms with Gasteiger partial charge in [-0.15, -0.1) is 0 Å². The van der Waals surface area contributed by atoms with Crippen LogP contribution in [0.5, 0.6) is 0 Å². The van der Waals surface area contributed by atoms with Crippen LogP contribution in [-0.2, 0) is 9.59 Å². The van der Waals surface area contributed by atoms with Gasteiger partial charge in [0, 0.05) is 30.1 Å². The lowest BCUT2D eigenvalue weighted by Gasteiger charge is -2.51. The fourth-order valence-corrected chi connectivity index (χ4v) is 5.57. The summed E-state index contributed by atoms with van der Waals surface area (Å²) in [4.78, 5) is 24.1. The van der Waals surface area contributed by atoms with Crippen LogP contribution in [0.15, 0.2) is 23.3 Å². The molecule has 112 valence electrons. The summed E-state index contributed by atoms with van der Waals surface area (Å²) >= 11 is 0. The Bertz CT molecular complexity index is 597. The van der Waals surface area contributed by atoms with Crippen LogP contribution in [-0.4, -0.2) is 11.6 Å². The number of Topliss-reactive ketones (excluding diaryl/α,β-unsaturated/α-hetero) is 2. The van der Waals surface area contributed by atoms with Crippen molar-refractivity contribution in [1.29, 1.82) is 0 Å². The van der Waals surface area contributed by atoms with Gasteiger partial charge in [-0.3, -0.25) is 9.59 Å². The molecule has 21 heavy (non-hydrogen) atoms. The standard InChI is InChI=1S/C19H24O2/c1-18-9-7-13(20)11-12(18)3-4-14-15-5-6-17(21)19(15,2)10-8-16(14)18/h3,8,14-15H,4-7,9-11H2,1-2H3/t14?,15-,18-,19-/m0/s1. The highest BCUT2D eigenvalue weighted by molar-refractivity contribution is 5.88. The molecule has 4 rings (SSSR count). The molecule has 4 aliphatic rings. The molecule has 0 aromatic heterocycles. The molecule has 0 spiro atoms. The summed E-state index contributed by atoms with van der Waals surface area (Å²) in [5.74, 6) is 1.94. The van der Waals surface area contributed by atoms with E-state index >= 15 is 0 Å². The molecule has 2 heteroatoms. The van der Waals surface area contributed by atoms with E-state index in [1.165, 1.54) is 5.57 Å². The summed E-state index contributed by atoms with van der Waals surface area (Å²) in [6.45, 7) is 4.52. The quantitative estimate of drug-likeness (QED) is 0.630. The minimum absolute atomic E-state index is 0.101. The number of hydrogen-bond donors (Lipinski definition) is 0. The van der Waals surface area contributed by atoms with Crippen LogP contribution in [0.1, 0.15) is 58.8 Å². The van der Waals surface area contributed by atoms with E-state index in [9.17, 15) is 9.59 Å². The van der Waals surface area contributed by atoms with E-state index in [0.717, 1.165) is 38.5 Å². The van der Waals surface area contributed by atoms with Crippen LogP contribution in [0, 0.1) is 22.7 Å². The molecule has 0 saturated heterocycles. The SMILES string of the molecule is C[C@]12CCC(=O)CC1=CCC1C2=CC[C@]2(C)C(=O)CC[C@@H]12. The summed E-state index contributed by atoms with van der Waals surface area (Å²) in [5.41, 5.74) is 2.91. The second-order valence-electron chi connectivity index (χ2n) is 7.97. The molecule has 0 amide bonds. The van der Waals surface area contributed by atoms with Crippen molar-refractivity contribution in [2.75, 3.05) is 0 Å². The van der Waals surface area contributed by atoms with Gasteiger partial charge in [-0.05, 0) is 37.5 Å². The molecule has 4 aliphatic carbocycles. The minimum Gasteiger partial charge on any atom is -0.299 e. The molecule has 0 aromatic carbocycles. The van der Waals surface area contributed by atoms with Gasteiger partial charge in [-0.2, -0.15) is 0 Å². The Morgan fingerprint density at radius 3 is 2.76 bits per heavy atom. The highest BCUT2D eigenvalue weighted by Gasteiger charge is 2.55. The molecular formula is C19H24O2. The smallest absolute Gasteiger partial charge is 0.139 e. The lowest BCUT2D eigenvalue weighted by atomic mass is 9.52. The molecule has 0 bridgehead atoms. The number of hydrogen-bond acceptors (Lipinski definition) is 2. The predicted molar refractivity (Wildman–Crippen MR) is 81.7 cm³/mol. The molecule has 0 radical (unpaired) electrons. The Morgan fingerprint density at radius 2 is 1.95 bits per heavy atom. The van der Waals surface area contributed by atoms with Crippen LogP contribution in [0.3, 0.4) is 0 Å². The van der Waals surface area contributed by atoms with Gasteiger partial charge in [-0.25, -0.2) is 0 Å². The van der Waals surface area contributed by atoms with Crippen LogP contribution in [0.25, 0.3) is 0 Å².